The zero-order valence-electron chi connectivity index (χ0n) is 29.4. The van der Waals surface area contributed by atoms with Gasteiger partial charge in [0, 0.05) is 10.8 Å². The van der Waals surface area contributed by atoms with Gasteiger partial charge in [-0.2, -0.15) is 0 Å². The number of para-hydroxylation sites is 1. The molecule has 0 aliphatic carbocycles. The van der Waals surface area contributed by atoms with Crippen molar-refractivity contribution < 1.29 is 22.3 Å². The average molecular weight is 700 g/mol. The zero-order valence-corrected chi connectivity index (χ0v) is 31.2. The number of rotatable bonds is 22. The third-order valence-electron chi connectivity index (χ3n) is 9.06. The Hall–Kier alpha value is -3.39. The smallest absolute Gasteiger partial charge is 0.409 e. The molecule has 0 saturated heterocycles. The standard InChI is InChI=1S/C42H53O5P2/c1-3-5-7-9-11-13-15-20-34-26-30-36(31-27-34)44-49(45-37-32-28-35(29-33-37)21-16-14-12-10-8-6-4-2)47-41-25-19-23-39-38-22-17-18-24-40(38)46-48(43)42(39)41/h17-19,22-33H,3-16,20-21H2,1-2H3/q+1. The van der Waals surface area contributed by atoms with Gasteiger partial charge >= 0.3 is 16.3 Å². The van der Waals surface area contributed by atoms with Gasteiger partial charge in [-0.3, -0.25) is 0 Å². The largest absolute Gasteiger partial charge is 0.601 e. The monoisotopic (exact) mass is 699 g/mol. The fourth-order valence-corrected chi connectivity index (χ4v) is 8.43. The summed E-state index contributed by atoms with van der Waals surface area (Å²) in [6.45, 7) is 4.52. The summed E-state index contributed by atoms with van der Waals surface area (Å²) in [6, 6.07) is 29.8. The lowest BCUT2D eigenvalue weighted by atomic mass is 10.0. The van der Waals surface area contributed by atoms with Crippen molar-refractivity contribution in [3.63, 3.8) is 0 Å². The number of fused-ring (bicyclic) bond motifs is 3. The van der Waals surface area contributed by atoms with Crippen LogP contribution in [0, 0.1) is 0 Å². The minimum atomic E-state index is -2.17. The molecule has 0 spiro atoms. The fourth-order valence-electron chi connectivity index (χ4n) is 6.22. The van der Waals surface area contributed by atoms with E-state index in [0.717, 1.165) is 23.6 Å². The summed E-state index contributed by atoms with van der Waals surface area (Å²) in [5, 5.41) is 2.24. The highest BCUT2D eigenvalue weighted by Crippen LogP contribution is 2.48. The number of aryl methyl sites for hydroxylation is 2. The molecular weight excluding hydrogens is 646 g/mol. The van der Waals surface area contributed by atoms with Crippen molar-refractivity contribution in [1.82, 2.24) is 0 Å². The van der Waals surface area contributed by atoms with Gasteiger partial charge in [0.25, 0.3) is 5.12 Å². The normalized spacial score (nSPS) is 11.8. The third kappa shape index (κ3) is 11.6. The molecule has 0 amide bonds. The Labute approximate surface area is 295 Å². The molecule has 0 fully saturated rings. The van der Waals surface area contributed by atoms with Gasteiger partial charge in [0.15, 0.2) is 11.3 Å². The summed E-state index contributed by atoms with van der Waals surface area (Å²) >= 11 is 0. The molecule has 1 unspecified atom stereocenters. The van der Waals surface area contributed by atoms with Crippen molar-refractivity contribution in [2.45, 2.75) is 117 Å². The van der Waals surface area contributed by atoms with Crippen LogP contribution in [0.1, 0.15) is 115 Å². The summed E-state index contributed by atoms with van der Waals surface area (Å²) in [6.07, 6.45) is 20.3. The molecule has 0 N–H and O–H groups in total. The quantitative estimate of drug-likeness (QED) is 0.0409. The first-order chi connectivity index (χ1) is 24.1. The predicted molar refractivity (Wildman–Crippen MR) is 206 cm³/mol. The van der Waals surface area contributed by atoms with Crippen LogP contribution in [0.3, 0.4) is 0 Å². The highest BCUT2D eigenvalue weighted by atomic mass is 31.2. The van der Waals surface area contributed by atoms with Crippen molar-refractivity contribution in [2.24, 2.45) is 0 Å². The molecule has 0 saturated carbocycles. The minimum absolute atomic E-state index is 0.435. The Morgan fingerprint density at radius 3 is 1.57 bits per heavy atom. The lowest BCUT2D eigenvalue weighted by Gasteiger charge is -2.18. The minimum Gasteiger partial charge on any atom is -0.409 e. The molecular formula is C42H53O5P2+. The van der Waals surface area contributed by atoms with E-state index in [-0.39, 0.29) is 0 Å². The van der Waals surface area contributed by atoms with Crippen LogP contribution in [0.2, 0.25) is 0 Å². The summed E-state index contributed by atoms with van der Waals surface area (Å²) in [5.74, 6) is 1.77. The van der Waals surface area contributed by atoms with Crippen LogP contribution in [-0.2, 0) is 17.4 Å². The second-order valence-corrected chi connectivity index (χ2v) is 15.2. The Kier molecular flexibility index (Phi) is 15.3. The first-order valence-corrected chi connectivity index (χ1v) is 20.8. The SMILES string of the molecule is CCCCCCCCCc1ccc(OP(Oc2ccc(CCCCCCCCC)cc2)Oc2cccc3c4ccccc4o[p+](=O)c23)cc1. The van der Waals surface area contributed by atoms with E-state index in [4.69, 9.17) is 17.8 Å². The molecule has 5 nitrogen and oxygen atoms in total. The Balaban J connectivity index is 1.27. The lowest BCUT2D eigenvalue weighted by Crippen LogP contribution is -2.03. The molecule has 0 aliphatic heterocycles. The summed E-state index contributed by atoms with van der Waals surface area (Å²) < 4.78 is 38.4. The van der Waals surface area contributed by atoms with E-state index in [1.807, 2.05) is 66.7 Å². The van der Waals surface area contributed by atoms with Crippen LogP contribution in [0.5, 0.6) is 17.2 Å². The number of hydrogen-bond donors (Lipinski definition) is 0. The Bertz CT molecular complexity index is 1690. The molecule has 1 aromatic heterocycles. The van der Waals surface area contributed by atoms with Crippen LogP contribution in [0.25, 0.3) is 21.5 Å². The summed E-state index contributed by atoms with van der Waals surface area (Å²) in [7, 11) is -4.11. The second-order valence-electron chi connectivity index (χ2n) is 13.0. The molecule has 5 rings (SSSR count). The van der Waals surface area contributed by atoms with E-state index >= 15 is 0 Å². The molecule has 5 aromatic rings. The first-order valence-electron chi connectivity index (χ1n) is 18.5. The zero-order chi connectivity index (χ0) is 34.1. The molecule has 260 valence electrons. The predicted octanol–water partition coefficient (Wildman–Crippen LogP) is 14.7. The molecule has 0 radical (unpaired) electrons. The van der Waals surface area contributed by atoms with Crippen molar-refractivity contribution >= 4 is 37.7 Å². The van der Waals surface area contributed by atoms with E-state index in [0.29, 0.717) is 27.9 Å². The molecule has 0 aliphatic rings. The van der Waals surface area contributed by atoms with E-state index in [1.54, 1.807) is 0 Å². The summed E-state index contributed by atoms with van der Waals surface area (Å²) in [4.78, 5) is 0. The number of unbranched alkanes of at least 4 members (excludes halogenated alkanes) is 12. The van der Waals surface area contributed by atoms with Gasteiger partial charge in [0.05, 0.1) is 0 Å². The maximum atomic E-state index is 13.4. The molecule has 1 atom stereocenters. The van der Waals surface area contributed by atoms with E-state index in [2.05, 4.69) is 38.1 Å². The molecule has 0 bridgehead atoms. The highest BCUT2D eigenvalue weighted by Gasteiger charge is 2.27. The number of hydrogen-bond acceptors (Lipinski definition) is 5. The van der Waals surface area contributed by atoms with Crippen LogP contribution >= 0.6 is 16.3 Å². The molecule has 7 heteroatoms. The lowest BCUT2D eigenvalue weighted by molar-refractivity contribution is 0.390. The van der Waals surface area contributed by atoms with E-state index < -0.39 is 16.3 Å². The van der Waals surface area contributed by atoms with Gasteiger partial charge in [0.1, 0.15) is 11.5 Å². The van der Waals surface area contributed by atoms with Crippen molar-refractivity contribution in [1.29, 1.82) is 0 Å². The van der Waals surface area contributed by atoms with E-state index in [1.165, 1.54) is 101 Å². The second kappa shape index (κ2) is 20.3. The maximum Gasteiger partial charge on any atom is 0.601 e. The highest BCUT2D eigenvalue weighted by molar-refractivity contribution is 7.43. The molecule has 1 heterocycles. The summed E-state index contributed by atoms with van der Waals surface area (Å²) in [5.41, 5.74) is 3.21. The Morgan fingerprint density at radius 1 is 0.531 bits per heavy atom. The van der Waals surface area contributed by atoms with Gasteiger partial charge in [-0.15, -0.1) is 0 Å². The molecule has 49 heavy (non-hydrogen) atoms. The topological polar surface area (TPSA) is 57.9 Å². The van der Waals surface area contributed by atoms with Crippen molar-refractivity contribution in [2.75, 3.05) is 0 Å². The van der Waals surface area contributed by atoms with Gasteiger partial charge in [0.2, 0.25) is 0 Å². The third-order valence-corrected chi connectivity index (χ3v) is 11.3. The van der Waals surface area contributed by atoms with Crippen LogP contribution in [-0.4, -0.2) is 0 Å². The van der Waals surface area contributed by atoms with Gasteiger partial charge in [-0.25, -0.2) is 4.20 Å². The van der Waals surface area contributed by atoms with E-state index in [9.17, 15) is 4.57 Å². The van der Waals surface area contributed by atoms with Gasteiger partial charge in [-0.05, 0) is 83.8 Å². The number of benzene rings is 4. The van der Waals surface area contributed by atoms with Crippen molar-refractivity contribution in [3.05, 3.63) is 102 Å². The van der Waals surface area contributed by atoms with Gasteiger partial charge < -0.3 is 13.6 Å². The molecule has 4 aromatic carbocycles. The Morgan fingerprint density at radius 2 is 1.02 bits per heavy atom. The van der Waals surface area contributed by atoms with Crippen LogP contribution in [0.15, 0.2) is 95.2 Å². The van der Waals surface area contributed by atoms with Crippen LogP contribution in [0.4, 0.5) is 0 Å². The van der Waals surface area contributed by atoms with Crippen LogP contribution < -0.4 is 13.6 Å². The maximum absolute atomic E-state index is 13.4. The average Bonchev–Trinajstić information content (AvgIpc) is 3.12. The fraction of sp³-hybridized carbons (Fsp3) is 0.429. The van der Waals surface area contributed by atoms with Crippen molar-refractivity contribution in [3.8, 4) is 17.2 Å². The van der Waals surface area contributed by atoms with Gasteiger partial charge in [-0.1, -0.05) is 139 Å². The first kappa shape index (κ1) is 36.9.